The lowest BCUT2D eigenvalue weighted by atomic mass is 10.2. The van der Waals surface area contributed by atoms with Crippen molar-refractivity contribution < 1.29 is 21.9 Å². The fourth-order valence-corrected chi connectivity index (χ4v) is 3.88. The van der Waals surface area contributed by atoms with Gasteiger partial charge in [-0.3, -0.25) is 4.68 Å². The molecule has 1 saturated heterocycles. The molecule has 1 aliphatic rings. The molecule has 0 aliphatic carbocycles. The van der Waals surface area contributed by atoms with Crippen molar-refractivity contribution in [1.29, 1.82) is 0 Å². The van der Waals surface area contributed by atoms with Gasteiger partial charge in [0.25, 0.3) is 6.43 Å². The van der Waals surface area contributed by atoms with Gasteiger partial charge < -0.3 is 4.74 Å². The molecule has 0 N–H and O–H groups in total. The van der Waals surface area contributed by atoms with E-state index in [0.29, 0.717) is 37.2 Å². The summed E-state index contributed by atoms with van der Waals surface area (Å²) in [6, 6.07) is 4.41. The van der Waals surface area contributed by atoms with E-state index >= 15 is 0 Å². The van der Waals surface area contributed by atoms with Crippen LogP contribution in [0.25, 0.3) is 10.9 Å². The molecule has 0 bridgehead atoms. The van der Waals surface area contributed by atoms with Gasteiger partial charge in [0.1, 0.15) is 6.54 Å². The number of halogens is 2. The maximum Gasteiger partial charge on any atom is 0.257 e. The molecule has 1 aliphatic heterocycles. The molecule has 1 fully saturated rings. The van der Waals surface area contributed by atoms with Crippen molar-refractivity contribution in [2.75, 3.05) is 26.3 Å². The molecule has 1 aromatic carbocycles. The van der Waals surface area contributed by atoms with Gasteiger partial charge >= 0.3 is 0 Å². The molecular formula is C13H15F2N3O3S. The minimum absolute atomic E-state index is 0.137. The number of alkyl halides is 2. The van der Waals surface area contributed by atoms with E-state index in [0.717, 1.165) is 0 Å². The van der Waals surface area contributed by atoms with Crippen molar-refractivity contribution in [3.05, 3.63) is 24.4 Å². The van der Waals surface area contributed by atoms with Crippen LogP contribution in [0.1, 0.15) is 0 Å². The van der Waals surface area contributed by atoms with Crippen LogP contribution >= 0.6 is 0 Å². The maximum atomic E-state index is 12.5. The van der Waals surface area contributed by atoms with E-state index in [-0.39, 0.29) is 4.90 Å². The number of morpholine rings is 1. The smallest absolute Gasteiger partial charge is 0.257 e. The number of nitrogens with zero attached hydrogens (tertiary/aromatic N) is 3. The summed E-state index contributed by atoms with van der Waals surface area (Å²) in [5.74, 6) is 0. The molecule has 0 unspecified atom stereocenters. The van der Waals surface area contributed by atoms with Crippen molar-refractivity contribution in [3.63, 3.8) is 0 Å². The highest BCUT2D eigenvalue weighted by Gasteiger charge is 2.26. The Labute approximate surface area is 126 Å². The highest BCUT2D eigenvalue weighted by atomic mass is 32.2. The third-order valence-electron chi connectivity index (χ3n) is 3.53. The zero-order chi connectivity index (χ0) is 15.7. The number of sulfonamides is 1. The normalized spacial score (nSPS) is 17.4. The summed E-state index contributed by atoms with van der Waals surface area (Å²) in [4.78, 5) is 0.137. The SMILES string of the molecule is O=S(=O)(c1ccc2c(cnn2CC(F)F)c1)N1CCOCC1. The van der Waals surface area contributed by atoms with Gasteiger partial charge in [-0.2, -0.15) is 9.40 Å². The molecule has 0 atom stereocenters. The predicted octanol–water partition coefficient (Wildman–Crippen LogP) is 1.32. The molecule has 0 saturated carbocycles. The molecule has 0 radical (unpaired) electrons. The molecule has 3 rings (SSSR count). The summed E-state index contributed by atoms with van der Waals surface area (Å²) >= 11 is 0. The van der Waals surface area contributed by atoms with Gasteiger partial charge in [0.05, 0.1) is 29.8 Å². The average Bonchev–Trinajstić information content (AvgIpc) is 2.90. The van der Waals surface area contributed by atoms with Crippen LogP contribution in [0.4, 0.5) is 8.78 Å². The Bertz CT molecular complexity index is 770. The summed E-state index contributed by atoms with van der Waals surface area (Å²) < 4.78 is 57.7. The first-order chi connectivity index (χ1) is 10.5. The number of benzene rings is 1. The van der Waals surface area contributed by atoms with Gasteiger partial charge in [0, 0.05) is 18.5 Å². The molecule has 1 aromatic heterocycles. The molecule has 120 valence electrons. The number of aromatic nitrogens is 2. The second kappa shape index (κ2) is 5.90. The number of ether oxygens (including phenoxy) is 1. The summed E-state index contributed by atoms with van der Waals surface area (Å²) in [6.07, 6.45) is -1.12. The van der Waals surface area contributed by atoms with Crippen molar-refractivity contribution in [2.45, 2.75) is 17.9 Å². The van der Waals surface area contributed by atoms with Crippen LogP contribution in [0.2, 0.25) is 0 Å². The molecular weight excluding hydrogens is 316 g/mol. The Morgan fingerprint density at radius 1 is 1.27 bits per heavy atom. The standard InChI is InChI=1S/C13H15F2N3O3S/c14-13(15)9-18-12-2-1-11(7-10(12)8-16-18)22(19,20)17-3-5-21-6-4-17/h1-2,7-8,13H,3-6,9H2. The van der Waals surface area contributed by atoms with E-state index in [1.165, 1.54) is 33.4 Å². The first kappa shape index (κ1) is 15.3. The van der Waals surface area contributed by atoms with E-state index in [1.54, 1.807) is 0 Å². The second-order valence-electron chi connectivity index (χ2n) is 4.95. The fourth-order valence-electron chi connectivity index (χ4n) is 2.44. The van der Waals surface area contributed by atoms with E-state index in [1.807, 2.05) is 0 Å². The van der Waals surface area contributed by atoms with Gasteiger partial charge in [0.2, 0.25) is 10.0 Å². The van der Waals surface area contributed by atoms with E-state index < -0.39 is 23.0 Å². The summed E-state index contributed by atoms with van der Waals surface area (Å²) in [5.41, 5.74) is 0.487. The topological polar surface area (TPSA) is 64.4 Å². The van der Waals surface area contributed by atoms with Gasteiger partial charge in [-0.1, -0.05) is 0 Å². The van der Waals surface area contributed by atoms with Crippen molar-refractivity contribution in [1.82, 2.24) is 14.1 Å². The first-order valence-electron chi connectivity index (χ1n) is 6.80. The van der Waals surface area contributed by atoms with E-state index in [9.17, 15) is 17.2 Å². The maximum absolute atomic E-state index is 12.5. The second-order valence-corrected chi connectivity index (χ2v) is 6.89. The van der Waals surface area contributed by atoms with Crippen LogP contribution in [0.15, 0.2) is 29.3 Å². The molecule has 2 heterocycles. The third-order valence-corrected chi connectivity index (χ3v) is 5.43. The van der Waals surface area contributed by atoms with Gasteiger partial charge in [0.15, 0.2) is 0 Å². The zero-order valence-electron chi connectivity index (χ0n) is 11.7. The van der Waals surface area contributed by atoms with Crippen LogP contribution in [-0.4, -0.2) is 55.2 Å². The molecule has 6 nitrogen and oxygen atoms in total. The number of hydrogen-bond acceptors (Lipinski definition) is 4. The van der Waals surface area contributed by atoms with Crippen LogP contribution in [0.3, 0.4) is 0 Å². The lowest BCUT2D eigenvalue weighted by Gasteiger charge is -2.26. The predicted molar refractivity (Wildman–Crippen MR) is 75.3 cm³/mol. The Kier molecular flexibility index (Phi) is 4.11. The Balaban J connectivity index is 1.95. The summed E-state index contributed by atoms with van der Waals surface area (Å²) in [7, 11) is -3.60. The number of fused-ring (bicyclic) bond motifs is 1. The zero-order valence-corrected chi connectivity index (χ0v) is 12.5. The lowest BCUT2D eigenvalue weighted by Crippen LogP contribution is -2.40. The van der Waals surface area contributed by atoms with Crippen molar-refractivity contribution in [3.8, 4) is 0 Å². The third kappa shape index (κ3) is 2.83. The molecule has 0 spiro atoms. The fraction of sp³-hybridized carbons (Fsp3) is 0.462. The van der Waals surface area contributed by atoms with Crippen molar-refractivity contribution >= 4 is 20.9 Å². The monoisotopic (exact) mass is 331 g/mol. The minimum atomic E-state index is -3.60. The van der Waals surface area contributed by atoms with E-state index in [4.69, 9.17) is 4.74 Å². The highest BCUT2D eigenvalue weighted by molar-refractivity contribution is 7.89. The molecule has 0 amide bonds. The van der Waals surface area contributed by atoms with Gasteiger partial charge in [-0.15, -0.1) is 0 Å². The first-order valence-corrected chi connectivity index (χ1v) is 8.24. The molecule has 22 heavy (non-hydrogen) atoms. The van der Waals surface area contributed by atoms with Gasteiger partial charge in [-0.05, 0) is 18.2 Å². The highest BCUT2D eigenvalue weighted by Crippen LogP contribution is 2.23. The minimum Gasteiger partial charge on any atom is -0.379 e. The lowest BCUT2D eigenvalue weighted by molar-refractivity contribution is 0.0730. The largest absolute Gasteiger partial charge is 0.379 e. The Morgan fingerprint density at radius 3 is 2.68 bits per heavy atom. The van der Waals surface area contributed by atoms with Gasteiger partial charge in [-0.25, -0.2) is 17.2 Å². The Morgan fingerprint density at radius 2 is 2.00 bits per heavy atom. The summed E-state index contributed by atoms with van der Waals surface area (Å²) in [6.45, 7) is 0.844. The average molecular weight is 331 g/mol. The molecule has 2 aromatic rings. The van der Waals surface area contributed by atoms with Crippen LogP contribution in [0.5, 0.6) is 0 Å². The summed E-state index contributed by atoms with van der Waals surface area (Å²) in [5, 5.41) is 4.40. The quantitative estimate of drug-likeness (QED) is 0.848. The van der Waals surface area contributed by atoms with Crippen LogP contribution in [0, 0.1) is 0 Å². The van der Waals surface area contributed by atoms with Crippen molar-refractivity contribution in [2.24, 2.45) is 0 Å². The Hall–Kier alpha value is -1.58. The molecule has 9 heteroatoms. The van der Waals surface area contributed by atoms with Crippen LogP contribution < -0.4 is 0 Å². The number of rotatable bonds is 4. The number of hydrogen-bond donors (Lipinski definition) is 0. The van der Waals surface area contributed by atoms with Crippen LogP contribution in [-0.2, 0) is 21.3 Å². The van der Waals surface area contributed by atoms with E-state index in [2.05, 4.69) is 5.10 Å².